The van der Waals surface area contributed by atoms with Gasteiger partial charge in [-0.1, -0.05) is 6.92 Å². The summed E-state index contributed by atoms with van der Waals surface area (Å²) in [5.41, 5.74) is 0. The van der Waals surface area contributed by atoms with Gasteiger partial charge >= 0.3 is 0 Å². The summed E-state index contributed by atoms with van der Waals surface area (Å²) in [5.74, 6) is 0. The fourth-order valence-corrected chi connectivity index (χ4v) is 1.70. The minimum absolute atomic E-state index is 0.0351. The molecule has 0 aliphatic carbocycles. The normalized spacial score (nSPS) is 34.8. The van der Waals surface area contributed by atoms with E-state index < -0.39 is 35.5 Å². The van der Waals surface area contributed by atoms with Crippen LogP contribution in [-0.4, -0.2) is 64.0 Å². The summed E-state index contributed by atoms with van der Waals surface area (Å²) in [6, 6.07) is 0. The summed E-state index contributed by atoms with van der Waals surface area (Å²) in [7, 11) is 0. The minimum atomic E-state index is -1.29. The van der Waals surface area contributed by atoms with Crippen LogP contribution in [0.2, 0.25) is 0 Å². The number of hydrogen-bond donors (Lipinski definition) is 5. The highest BCUT2D eigenvalue weighted by molar-refractivity contribution is 7.99. The van der Waals surface area contributed by atoms with E-state index in [9.17, 15) is 15.3 Å². The van der Waals surface area contributed by atoms with Crippen LogP contribution in [0.3, 0.4) is 0 Å². The monoisotopic (exact) mass is 300 g/mol. The summed E-state index contributed by atoms with van der Waals surface area (Å²) in [6.45, 7) is 2.30. The highest BCUT2D eigenvalue weighted by Crippen LogP contribution is 2.22. The first-order chi connectivity index (χ1) is 8.47. The number of rotatable bonds is 6. The van der Waals surface area contributed by atoms with Crippen LogP contribution in [0.5, 0.6) is 0 Å². The lowest BCUT2D eigenvalue weighted by molar-refractivity contribution is -0.309. The maximum absolute atomic E-state index is 9.96. The second-order valence-corrected chi connectivity index (χ2v) is 5.56. The first-order valence-corrected chi connectivity index (χ1v) is 6.79. The first-order valence-electron chi connectivity index (χ1n) is 5.76. The molecule has 0 aromatic carbocycles. The van der Waals surface area contributed by atoms with Crippen LogP contribution >= 0.6 is 25.3 Å². The number of aliphatic hydroxyl groups is 3. The predicted molar refractivity (Wildman–Crippen MR) is 70.6 cm³/mol. The van der Waals surface area contributed by atoms with Gasteiger partial charge in [0.05, 0.1) is 11.2 Å². The minimum Gasteiger partial charge on any atom is -0.388 e. The van der Waals surface area contributed by atoms with E-state index in [1.165, 1.54) is 0 Å². The molecule has 8 heteroatoms. The fraction of sp³-hybridized carbons (Fsp3) is 1.00. The van der Waals surface area contributed by atoms with Crippen molar-refractivity contribution in [2.24, 2.45) is 0 Å². The molecule has 1 aliphatic heterocycles. The Labute approximate surface area is 117 Å². The van der Waals surface area contributed by atoms with Crippen molar-refractivity contribution in [1.82, 2.24) is 0 Å². The van der Waals surface area contributed by atoms with E-state index in [1.54, 1.807) is 0 Å². The predicted octanol–water partition coefficient (Wildman–Crippen LogP) is -0.620. The van der Waals surface area contributed by atoms with Crippen LogP contribution in [0.25, 0.3) is 0 Å². The third-order valence-corrected chi connectivity index (χ3v) is 2.98. The smallest absolute Gasteiger partial charge is 0.189 e. The van der Waals surface area contributed by atoms with Gasteiger partial charge in [0, 0.05) is 6.61 Å². The van der Waals surface area contributed by atoms with Gasteiger partial charge in [-0.15, -0.1) is 0 Å². The Morgan fingerprint density at radius 2 is 2.06 bits per heavy atom. The molecule has 0 aromatic rings. The second kappa shape index (κ2) is 7.91. The van der Waals surface area contributed by atoms with Crippen molar-refractivity contribution in [1.29, 1.82) is 0 Å². The molecular weight excluding hydrogens is 280 g/mol. The molecule has 0 amide bonds. The van der Waals surface area contributed by atoms with Crippen molar-refractivity contribution in [2.75, 3.05) is 13.2 Å². The van der Waals surface area contributed by atoms with E-state index in [2.05, 4.69) is 25.3 Å². The Morgan fingerprint density at radius 3 is 2.61 bits per heavy atom. The molecule has 1 aliphatic rings. The van der Waals surface area contributed by atoms with Crippen molar-refractivity contribution in [3.8, 4) is 0 Å². The lowest BCUT2D eigenvalue weighted by Crippen LogP contribution is -2.56. The molecule has 6 nitrogen and oxygen atoms in total. The standard InChI is InChI=1S/C10H20O6S2/c1-2-3-14-7-5(11)4-15-9(6(7)12)16-8(13)10(17)18/h5-13,17-18H,2-4H2,1H3/t5-,6-,7+,8?,9-/m1/s1. The van der Waals surface area contributed by atoms with Crippen LogP contribution in [0.1, 0.15) is 13.3 Å². The van der Waals surface area contributed by atoms with E-state index in [0.29, 0.717) is 6.61 Å². The van der Waals surface area contributed by atoms with Crippen molar-refractivity contribution in [3.63, 3.8) is 0 Å². The molecule has 0 radical (unpaired) electrons. The molecule has 3 N–H and O–H groups in total. The highest BCUT2D eigenvalue weighted by atomic mass is 32.2. The lowest BCUT2D eigenvalue weighted by atomic mass is 10.1. The summed E-state index contributed by atoms with van der Waals surface area (Å²) in [4.78, 5) is 0. The summed E-state index contributed by atoms with van der Waals surface area (Å²) >= 11 is 7.78. The zero-order valence-corrected chi connectivity index (χ0v) is 11.8. The summed E-state index contributed by atoms with van der Waals surface area (Å²) < 4.78 is 14.8. The quantitative estimate of drug-likeness (QED) is 0.332. The zero-order chi connectivity index (χ0) is 13.7. The van der Waals surface area contributed by atoms with E-state index in [-0.39, 0.29) is 6.61 Å². The molecule has 1 fully saturated rings. The van der Waals surface area contributed by atoms with Gasteiger partial charge in [-0.25, -0.2) is 0 Å². The number of ether oxygens (including phenoxy) is 3. The molecule has 0 saturated carbocycles. The largest absolute Gasteiger partial charge is 0.388 e. The lowest BCUT2D eigenvalue weighted by Gasteiger charge is -2.38. The molecule has 18 heavy (non-hydrogen) atoms. The van der Waals surface area contributed by atoms with E-state index >= 15 is 0 Å². The molecule has 108 valence electrons. The van der Waals surface area contributed by atoms with Gasteiger partial charge in [0.1, 0.15) is 18.3 Å². The van der Waals surface area contributed by atoms with Crippen molar-refractivity contribution >= 4 is 25.3 Å². The zero-order valence-electron chi connectivity index (χ0n) is 10.0. The van der Waals surface area contributed by atoms with Crippen molar-refractivity contribution < 1.29 is 29.5 Å². The van der Waals surface area contributed by atoms with Crippen molar-refractivity contribution in [2.45, 2.75) is 48.8 Å². The maximum atomic E-state index is 9.96. The first kappa shape index (κ1) is 16.5. The average molecular weight is 300 g/mol. The highest BCUT2D eigenvalue weighted by Gasteiger charge is 2.41. The third kappa shape index (κ3) is 4.53. The van der Waals surface area contributed by atoms with E-state index in [4.69, 9.17) is 14.2 Å². The molecule has 1 heterocycles. The van der Waals surface area contributed by atoms with Crippen LogP contribution in [0, 0.1) is 0 Å². The Hall–Kier alpha value is 0.460. The maximum Gasteiger partial charge on any atom is 0.189 e. The Bertz CT molecular complexity index is 242. The van der Waals surface area contributed by atoms with E-state index in [1.807, 2.05) is 6.92 Å². The molecule has 1 saturated heterocycles. The van der Waals surface area contributed by atoms with E-state index in [0.717, 1.165) is 6.42 Å². The Kier molecular flexibility index (Phi) is 7.25. The summed E-state index contributed by atoms with van der Waals surface area (Å²) in [5, 5.41) is 29.1. The van der Waals surface area contributed by atoms with Crippen LogP contribution in [-0.2, 0) is 14.2 Å². The Morgan fingerprint density at radius 1 is 1.39 bits per heavy atom. The number of thiol groups is 2. The average Bonchev–Trinajstić information content (AvgIpc) is 2.32. The number of hydrogen-bond acceptors (Lipinski definition) is 8. The molecule has 0 spiro atoms. The summed E-state index contributed by atoms with van der Waals surface area (Å²) in [6.07, 6.45) is -4.51. The molecule has 1 rings (SSSR count). The molecule has 0 aromatic heterocycles. The molecular formula is C10H20O6S2. The van der Waals surface area contributed by atoms with Gasteiger partial charge in [0.2, 0.25) is 0 Å². The fourth-order valence-electron chi connectivity index (χ4n) is 1.56. The molecule has 0 bridgehead atoms. The number of aliphatic hydroxyl groups excluding tert-OH is 3. The Balaban J connectivity index is 2.55. The van der Waals surface area contributed by atoms with Crippen LogP contribution in [0.15, 0.2) is 0 Å². The SMILES string of the molecule is CCCO[C@@H]1[C@@H](O)[C@@H](OC(O)C(S)S)OC[C@H]1O. The van der Waals surface area contributed by atoms with Gasteiger partial charge in [-0.3, -0.25) is 0 Å². The topological polar surface area (TPSA) is 88.4 Å². The molecule has 1 unspecified atom stereocenters. The second-order valence-electron chi connectivity index (χ2n) is 4.04. The van der Waals surface area contributed by atoms with Gasteiger partial charge in [-0.2, -0.15) is 25.3 Å². The van der Waals surface area contributed by atoms with Crippen LogP contribution < -0.4 is 0 Å². The van der Waals surface area contributed by atoms with Gasteiger partial charge in [0.15, 0.2) is 12.6 Å². The third-order valence-electron chi connectivity index (χ3n) is 2.47. The van der Waals surface area contributed by atoms with Crippen molar-refractivity contribution in [3.05, 3.63) is 0 Å². The van der Waals surface area contributed by atoms with Crippen LogP contribution in [0.4, 0.5) is 0 Å². The van der Waals surface area contributed by atoms with Gasteiger partial charge in [-0.05, 0) is 6.42 Å². The van der Waals surface area contributed by atoms with Gasteiger partial charge in [0.25, 0.3) is 0 Å². The molecule has 5 atom stereocenters. The van der Waals surface area contributed by atoms with Gasteiger partial charge < -0.3 is 29.5 Å².